The largest absolute Gasteiger partial charge is 0.463 e. The van der Waals surface area contributed by atoms with Crippen LogP contribution in [0.3, 0.4) is 0 Å². The van der Waals surface area contributed by atoms with Crippen molar-refractivity contribution in [1.82, 2.24) is 0 Å². The highest BCUT2D eigenvalue weighted by molar-refractivity contribution is 5.72. The van der Waals surface area contributed by atoms with E-state index in [9.17, 15) is 4.79 Å². The number of carbonyl (C=O) groups excluding carboxylic acids is 1. The van der Waals surface area contributed by atoms with Gasteiger partial charge >= 0.3 is 5.97 Å². The minimum atomic E-state index is -0.210. The van der Waals surface area contributed by atoms with Gasteiger partial charge in [-0.25, -0.2) is 0 Å². The first-order chi connectivity index (χ1) is 6.61. The van der Waals surface area contributed by atoms with Crippen LogP contribution in [0.1, 0.15) is 20.3 Å². The lowest BCUT2D eigenvalue weighted by Gasteiger charge is -2.15. The molecule has 0 spiro atoms. The molecule has 2 N–H and O–H groups in total. The van der Waals surface area contributed by atoms with Crippen molar-refractivity contribution in [1.29, 1.82) is 0 Å². The zero-order valence-corrected chi connectivity index (χ0v) is 9.29. The zero-order chi connectivity index (χ0) is 11.0. The topological polar surface area (TPSA) is 61.5 Å². The fraction of sp³-hybridized carbons (Fsp3) is 0.900. The average Bonchev–Trinajstić information content (AvgIpc) is 2.14. The van der Waals surface area contributed by atoms with Gasteiger partial charge in [-0.1, -0.05) is 13.8 Å². The summed E-state index contributed by atoms with van der Waals surface area (Å²) < 4.78 is 9.77. The van der Waals surface area contributed by atoms with Crippen molar-refractivity contribution in [3.05, 3.63) is 0 Å². The number of nitrogens with two attached hydrogens (primary N) is 1. The van der Waals surface area contributed by atoms with Crippen LogP contribution in [-0.2, 0) is 14.3 Å². The molecule has 0 radical (unpaired) electrons. The summed E-state index contributed by atoms with van der Waals surface area (Å²) in [5.74, 6) is 0.0728. The highest BCUT2D eigenvalue weighted by Crippen LogP contribution is 2.11. The number of rotatable bonds is 7. The Morgan fingerprint density at radius 3 is 2.43 bits per heavy atom. The summed E-state index contributed by atoms with van der Waals surface area (Å²) in [6, 6.07) is 0. The van der Waals surface area contributed by atoms with E-state index in [1.807, 2.05) is 0 Å². The Kier molecular flexibility index (Phi) is 7.42. The van der Waals surface area contributed by atoms with E-state index in [1.54, 1.807) is 7.11 Å². The second kappa shape index (κ2) is 7.76. The van der Waals surface area contributed by atoms with Gasteiger partial charge < -0.3 is 15.2 Å². The van der Waals surface area contributed by atoms with Crippen molar-refractivity contribution in [3.63, 3.8) is 0 Å². The number of ether oxygens (including phenoxy) is 2. The molecule has 84 valence electrons. The summed E-state index contributed by atoms with van der Waals surface area (Å²) in [5.41, 5.74) is 5.49. The van der Waals surface area contributed by atoms with E-state index in [2.05, 4.69) is 13.8 Å². The molecule has 0 amide bonds. The molecule has 0 aliphatic heterocycles. The van der Waals surface area contributed by atoms with Gasteiger partial charge in [0.05, 0.1) is 12.5 Å². The first-order valence-corrected chi connectivity index (χ1v) is 4.97. The third kappa shape index (κ3) is 5.94. The maximum Gasteiger partial charge on any atom is 0.310 e. The van der Waals surface area contributed by atoms with Crippen LogP contribution >= 0.6 is 0 Å². The summed E-state index contributed by atoms with van der Waals surface area (Å²) >= 11 is 0. The lowest BCUT2D eigenvalue weighted by Crippen LogP contribution is -2.27. The average molecular weight is 203 g/mol. The molecular formula is C10H21NO3. The van der Waals surface area contributed by atoms with Gasteiger partial charge in [0.1, 0.15) is 6.61 Å². The molecule has 0 bridgehead atoms. The second-order valence-corrected chi connectivity index (χ2v) is 3.72. The number of hydrogen-bond acceptors (Lipinski definition) is 4. The van der Waals surface area contributed by atoms with E-state index < -0.39 is 0 Å². The van der Waals surface area contributed by atoms with Crippen molar-refractivity contribution >= 4 is 5.97 Å². The van der Waals surface area contributed by atoms with E-state index in [-0.39, 0.29) is 11.9 Å². The molecule has 4 nitrogen and oxygen atoms in total. The summed E-state index contributed by atoms with van der Waals surface area (Å²) in [7, 11) is 1.57. The Labute approximate surface area is 85.8 Å². The molecule has 1 atom stereocenters. The van der Waals surface area contributed by atoms with Crippen molar-refractivity contribution in [3.8, 4) is 0 Å². The predicted molar refractivity (Wildman–Crippen MR) is 54.8 cm³/mol. The standard InChI is InChI=1S/C10H21NO3/c1-8(2)6-9(7-11)10(12)14-5-4-13-3/h8-9H,4-7,11H2,1-3H3. The molecule has 0 saturated heterocycles. The Balaban J connectivity index is 3.79. The Hall–Kier alpha value is -0.610. The van der Waals surface area contributed by atoms with Crippen LogP contribution < -0.4 is 5.73 Å². The van der Waals surface area contributed by atoms with Crippen molar-refractivity contribution in [2.45, 2.75) is 20.3 Å². The summed E-state index contributed by atoms with van der Waals surface area (Å²) in [5, 5.41) is 0. The lowest BCUT2D eigenvalue weighted by molar-refractivity contribution is -0.150. The van der Waals surface area contributed by atoms with E-state index in [4.69, 9.17) is 15.2 Å². The van der Waals surface area contributed by atoms with Crippen LogP contribution in [0.5, 0.6) is 0 Å². The smallest absolute Gasteiger partial charge is 0.310 e. The van der Waals surface area contributed by atoms with E-state index in [0.29, 0.717) is 25.7 Å². The number of methoxy groups -OCH3 is 1. The Morgan fingerprint density at radius 2 is 2.00 bits per heavy atom. The van der Waals surface area contributed by atoms with Crippen LogP contribution in [0.25, 0.3) is 0 Å². The number of carbonyl (C=O) groups is 1. The minimum Gasteiger partial charge on any atom is -0.463 e. The first kappa shape index (κ1) is 13.4. The normalized spacial score (nSPS) is 12.9. The van der Waals surface area contributed by atoms with Crippen molar-refractivity contribution in [2.24, 2.45) is 17.6 Å². The zero-order valence-electron chi connectivity index (χ0n) is 9.29. The van der Waals surface area contributed by atoms with E-state index >= 15 is 0 Å². The van der Waals surface area contributed by atoms with E-state index in [0.717, 1.165) is 6.42 Å². The summed E-state index contributed by atoms with van der Waals surface area (Å²) in [6.07, 6.45) is 0.780. The highest BCUT2D eigenvalue weighted by Gasteiger charge is 2.19. The van der Waals surface area contributed by atoms with Gasteiger partial charge in [-0.15, -0.1) is 0 Å². The van der Waals surface area contributed by atoms with Gasteiger partial charge in [0.15, 0.2) is 0 Å². The number of esters is 1. The fourth-order valence-electron chi connectivity index (χ4n) is 1.20. The molecule has 0 aliphatic rings. The minimum absolute atomic E-state index is 0.174. The molecule has 0 aliphatic carbocycles. The molecule has 1 unspecified atom stereocenters. The molecule has 0 saturated carbocycles. The molecule has 0 rings (SSSR count). The Morgan fingerprint density at radius 1 is 1.36 bits per heavy atom. The summed E-state index contributed by atoms with van der Waals surface area (Å²) in [4.78, 5) is 11.4. The van der Waals surface area contributed by atoms with Crippen LogP contribution in [0.2, 0.25) is 0 Å². The molecule has 0 aromatic heterocycles. The Bertz CT molecular complexity index is 159. The van der Waals surface area contributed by atoms with Crippen molar-refractivity contribution in [2.75, 3.05) is 26.9 Å². The highest BCUT2D eigenvalue weighted by atomic mass is 16.6. The lowest BCUT2D eigenvalue weighted by atomic mass is 9.97. The fourth-order valence-corrected chi connectivity index (χ4v) is 1.20. The molecule has 0 fully saturated rings. The van der Waals surface area contributed by atoms with Crippen LogP contribution in [0.4, 0.5) is 0 Å². The molecule has 0 aromatic rings. The SMILES string of the molecule is COCCOC(=O)C(CN)CC(C)C. The maximum absolute atomic E-state index is 11.4. The van der Waals surface area contributed by atoms with Crippen LogP contribution in [0.15, 0.2) is 0 Å². The van der Waals surface area contributed by atoms with Gasteiger partial charge in [-0.05, 0) is 12.3 Å². The third-order valence-corrected chi connectivity index (χ3v) is 1.91. The molecule has 4 heteroatoms. The molecular weight excluding hydrogens is 182 g/mol. The van der Waals surface area contributed by atoms with Gasteiger partial charge in [0.2, 0.25) is 0 Å². The first-order valence-electron chi connectivity index (χ1n) is 4.97. The van der Waals surface area contributed by atoms with Gasteiger partial charge in [0.25, 0.3) is 0 Å². The molecule has 0 aromatic carbocycles. The van der Waals surface area contributed by atoms with Crippen molar-refractivity contribution < 1.29 is 14.3 Å². The molecule has 14 heavy (non-hydrogen) atoms. The summed E-state index contributed by atoms with van der Waals surface area (Å²) in [6.45, 7) is 5.22. The quantitative estimate of drug-likeness (QED) is 0.491. The molecule has 0 heterocycles. The van der Waals surface area contributed by atoms with Gasteiger partial charge in [0, 0.05) is 13.7 Å². The predicted octanol–water partition coefficient (Wildman–Crippen LogP) is 0.797. The van der Waals surface area contributed by atoms with Crippen LogP contribution in [0, 0.1) is 11.8 Å². The monoisotopic (exact) mass is 203 g/mol. The van der Waals surface area contributed by atoms with Crippen LogP contribution in [-0.4, -0.2) is 32.8 Å². The van der Waals surface area contributed by atoms with Gasteiger partial charge in [-0.2, -0.15) is 0 Å². The number of hydrogen-bond donors (Lipinski definition) is 1. The third-order valence-electron chi connectivity index (χ3n) is 1.91. The maximum atomic E-state index is 11.4. The van der Waals surface area contributed by atoms with E-state index in [1.165, 1.54) is 0 Å². The second-order valence-electron chi connectivity index (χ2n) is 3.72. The van der Waals surface area contributed by atoms with Gasteiger partial charge in [-0.3, -0.25) is 4.79 Å².